The minimum absolute atomic E-state index is 0.158. The maximum Gasteiger partial charge on any atom is 0.327 e. The molecule has 104 valence electrons. The summed E-state index contributed by atoms with van der Waals surface area (Å²) in [6.07, 6.45) is 1.64. The third-order valence-electron chi connectivity index (χ3n) is 3.29. The minimum Gasteiger partial charge on any atom is -0.507 e. The highest BCUT2D eigenvalue weighted by molar-refractivity contribution is 5.91. The average Bonchev–Trinajstić information content (AvgIpc) is 2.44. The van der Waals surface area contributed by atoms with E-state index in [-0.39, 0.29) is 11.7 Å². The van der Waals surface area contributed by atoms with Gasteiger partial charge in [-0.1, -0.05) is 43.3 Å². The van der Waals surface area contributed by atoms with E-state index in [4.69, 9.17) is 5.11 Å². The minimum atomic E-state index is -1.04. The Morgan fingerprint density at radius 2 is 1.80 bits per heavy atom. The molecule has 2 aromatic rings. The lowest BCUT2D eigenvalue weighted by molar-refractivity contribution is -0.131. The molecular weight excluding hydrogens is 256 g/mol. The number of aliphatic hydroxyl groups is 1. The van der Waals surface area contributed by atoms with Crippen LogP contribution in [0.15, 0.2) is 48.6 Å². The number of aliphatic hydroxyl groups excluding tert-OH is 1. The van der Waals surface area contributed by atoms with E-state index in [1.54, 1.807) is 19.1 Å². The van der Waals surface area contributed by atoms with Crippen molar-refractivity contribution in [2.75, 3.05) is 0 Å². The molecule has 4 nitrogen and oxygen atoms in total. The van der Waals surface area contributed by atoms with Crippen molar-refractivity contribution in [3.05, 3.63) is 54.1 Å². The number of phenolic OH excluding ortho intramolecular Hbond substituents is 1. The summed E-state index contributed by atoms with van der Waals surface area (Å²) in [6, 6.07) is 10.4. The molecule has 0 saturated carbocycles. The van der Waals surface area contributed by atoms with Crippen molar-refractivity contribution in [3.63, 3.8) is 0 Å². The van der Waals surface area contributed by atoms with Gasteiger partial charge in [0.1, 0.15) is 5.75 Å². The van der Waals surface area contributed by atoms with Crippen LogP contribution in [-0.4, -0.2) is 21.3 Å². The first kappa shape index (κ1) is 14.1. The van der Waals surface area contributed by atoms with E-state index in [0.717, 1.165) is 11.5 Å². The summed E-state index contributed by atoms with van der Waals surface area (Å²) in [6.45, 7) is 1.74. The summed E-state index contributed by atoms with van der Waals surface area (Å²) >= 11 is 0. The van der Waals surface area contributed by atoms with Gasteiger partial charge in [-0.3, -0.25) is 0 Å². The highest BCUT2D eigenvalue weighted by Gasteiger charge is 2.17. The Hall–Kier alpha value is -2.33. The molecule has 0 aliphatic carbocycles. The van der Waals surface area contributed by atoms with E-state index in [1.807, 2.05) is 18.2 Å². The van der Waals surface area contributed by atoms with Gasteiger partial charge in [0.25, 0.3) is 0 Å². The molecule has 0 heterocycles. The van der Waals surface area contributed by atoms with E-state index < -0.39 is 12.1 Å². The fourth-order valence-corrected chi connectivity index (χ4v) is 2.19. The molecule has 2 rings (SSSR count). The number of hydrogen-bond acceptors (Lipinski definition) is 3. The van der Waals surface area contributed by atoms with Crippen LogP contribution in [0.1, 0.15) is 18.6 Å². The predicted molar refractivity (Wildman–Crippen MR) is 76.5 cm³/mol. The number of phenols is 1. The van der Waals surface area contributed by atoms with Gasteiger partial charge >= 0.3 is 5.97 Å². The van der Waals surface area contributed by atoms with Gasteiger partial charge in [0.2, 0.25) is 0 Å². The van der Waals surface area contributed by atoms with Crippen molar-refractivity contribution in [2.45, 2.75) is 13.0 Å². The van der Waals surface area contributed by atoms with Gasteiger partial charge in [-0.05, 0) is 17.0 Å². The molecule has 20 heavy (non-hydrogen) atoms. The van der Waals surface area contributed by atoms with Crippen molar-refractivity contribution in [1.82, 2.24) is 0 Å². The second-order valence-corrected chi connectivity index (χ2v) is 4.72. The van der Waals surface area contributed by atoms with Crippen LogP contribution < -0.4 is 0 Å². The molecular formula is C16H16O4. The molecule has 0 unspecified atom stereocenters. The van der Waals surface area contributed by atoms with Gasteiger partial charge in [0.15, 0.2) is 0 Å². The molecule has 4 heteroatoms. The van der Waals surface area contributed by atoms with Crippen LogP contribution in [0.25, 0.3) is 10.8 Å². The monoisotopic (exact) mass is 272 g/mol. The van der Waals surface area contributed by atoms with Gasteiger partial charge in [-0.2, -0.15) is 0 Å². The number of aromatic hydroxyl groups is 1. The van der Waals surface area contributed by atoms with Gasteiger partial charge in [-0.25, -0.2) is 4.79 Å². The topological polar surface area (TPSA) is 77.8 Å². The molecule has 3 N–H and O–H groups in total. The summed E-state index contributed by atoms with van der Waals surface area (Å²) in [4.78, 5) is 10.5. The van der Waals surface area contributed by atoms with E-state index in [9.17, 15) is 15.0 Å². The lowest BCUT2D eigenvalue weighted by Gasteiger charge is -2.18. The molecule has 0 amide bonds. The molecule has 0 fully saturated rings. The Balaban J connectivity index is 2.42. The lowest BCUT2D eigenvalue weighted by atomic mass is 9.92. The fraction of sp³-hybridized carbons (Fsp3) is 0.188. The van der Waals surface area contributed by atoms with Crippen LogP contribution >= 0.6 is 0 Å². The van der Waals surface area contributed by atoms with Crippen molar-refractivity contribution >= 4 is 16.7 Å². The first-order chi connectivity index (χ1) is 9.50. The second kappa shape index (κ2) is 5.75. The number of carbonyl (C=O) groups is 1. The Labute approximate surface area is 116 Å². The van der Waals surface area contributed by atoms with Crippen LogP contribution in [0.4, 0.5) is 0 Å². The summed E-state index contributed by atoms with van der Waals surface area (Å²) in [5, 5.41) is 30.2. The van der Waals surface area contributed by atoms with Crippen LogP contribution in [-0.2, 0) is 4.79 Å². The summed E-state index contributed by atoms with van der Waals surface area (Å²) in [5.41, 5.74) is 0.668. The molecule has 2 aromatic carbocycles. The van der Waals surface area contributed by atoms with E-state index in [1.165, 1.54) is 12.1 Å². The molecule has 0 bridgehead atoms. The molecule has 0 saturated heterocycles. The highest BCUT2D eigenvalue weighted by Crippen LogP contribution is 2.33. The standard InChI is InChI=1S/C16H16O4/c1-10(6-9-15(18)19)16(20)13-7-8-14(17)12-5-3-2-4-11(12)13/h2-10,16-17,20H,1H3,(H,18,19)/b9-6+/t10-,16+/m0/s1. The smallest absolute Gasteiger partial charge is 0.327 e. The Morgan fingerprint density at radius 3 is 2.45 bits per heavy atom. The van der Waals surface area contributed by atoms with Crippen molar-refractivity contribution < 1.29 is 20.1 Å². The van der Waals surface area contributed by atoms with Gasteiger partial charge in [0, 0.05) is 17.4 Å². The lowest BCUT2D eigenvalue weighted by Crippen LogP contribution is -2.08. The first-order valence-corrected chi connectivity index (χ1v) is 6.30. The maximum atomic E-state index is 10.5. The van der Waals surface area contributed by atoms with E-state index >= 15 is 0 Å². The SMILES string of the molecule is C[C@@H](/C=C/C(=O)O)[C@@H](O)c1ccc(O)c2ccccc12. The van der Waals surface area contributed by atoms with Crippen LogP contribution in [0.2, 0.25) is 0 Å². The zero-order valence-corrected chi connectivity index (χ0v) is 11.0. The number of carboxylic acids is 1. The zero-order valence-electron chi connectivity index (χ0n) is 11.0. The molecule has 0 aromatic heterocycles. The molecule has 0 aliphatic heterocycles. The molecule has 0 spiro atoms. The third kappa shape index (κ3) is 2.81. The van der Waals surface area contributed by atoms with Crippen LogP contribution in [0.5, 0.6) is 5.75 Å². The molecule has 2 atom stereocenters. The van der Waals surface area contributed by atoms with E-state index in [0.29, 0.717) is 10.9 Å². The number of hydrogen-bond donors (Lipinski definition) is 3. The zero-order chi connectivity index (χ0) is 14.7. The Morgan fingerprint density at radius 1 is 1.15 bits per heavy atom. The average molecular weight is 272 g/mol. The van der Waals surface area contributed by atoms with Crippen LogP contribution in [0.3, 0.4) is 0 Å². The normalized spacial score (nSPS) is 14.5. The largest absolute Gasteiger partial charge is 0.507 e. The molecule has 0 radical (unpaired) electrons. The summed E-state index contributed by atoms with van der Waals surface area (Å²) in [5.74, 6) is -1.23. The highest BCUT2D eigenvalue weighted by atomic mass is 16.4. The van der Waals surface area contributed by atoms with Gasteiger partial charge in [-0.15, -0.1) is 0 Å². The number of fused-ring (bicyclic) bond motifs is 1. The maximum absolute atomic E-state index is 10.5. The third-order valence-corrected chi connectivity index (χ3v) is 3.29. The van der Waals surface area contributed by atoms with E-state index in [2.05, 4.69) is 0 Å². The Kier molecular flexibility index (Phi) is 4.05. The number of carboxylic acid groups (broad SMARTS) is 1. The van der Waals surface area contributed by atoms with Gasteiger partial charge < -0.3 is 15.3 Å². The van der Waals surface area contributed by atoms with Crippen molar-refractivity contribution in [1.29, 1.82) is 0 Å². The van der Waals surface area contributed by atoms with Crippen molar-refractivity contribution in [2.24, 2.45) is 5.92 Å². The summed E-state index contributed by atoms with van der Waals surface area (Å²) in [7, 11) is 0. The number of rotatable bonds is 4. The number of benzene rings is 2. The van der Waals surface area contributed by atoms with Gasteiger partial charge in [0.05, 0.1) is 6.10 Å². The Bertz CT molecular complexity index is 661. The van der Waals surface area contributed by atoms with Crippen LogP contribution in [0, 0.1) is 5.92 Å². The second-order valence-electron chi connectivity index (χ2n) is 4.72. The molecule has 0 aliphatic rings. The summed E-state index contributed by atoms with van der Waals surface area (Å²) < 4.78 is 0. The first-order valence-electron chi connectivity index (χ1n) is 6.30. The quantitative estimate of drug-likeness (QED) is 0.748. The number of aliphatic carboxylic acids is 1. The fourth-order valence-electron chi connectivity index (χ4n) is 2.19. The van der Waals surface area contributed by atoms with Crippen molar-refractivity contribution in [3.8, 4) is 5.75 Å². The predicted octanol–water partition coefficient (Wildman–Crippen LogP) is 2.86.